The fraction of sp³-hybridized carbons (Fsp3) is 0.625. The molecule has 0 bridgehead atoms. The molecule has 1 aliphatic carbocycles. The van der Waals surface area contributed by atoms with Crippen LogP contribution >= 0.6 is 11.3 Å². The summed E-state index contributed by atoms with van der Waals surface area (Å²) in [6.45, 7) is 0. The zero-order chi connectivity index (χ0) is 7.68. The van der Waals surface area contributed by atoms with Gasteiger partial charge in [0.25, 0.3) is 0 Å². The minimum atomic E-state index is -0.303. The van der Waals surface area contributed by atoms with Crippen LogP contribution < -0.4 is 0 Å². The standard InChI is InChI=1S/C8H11NOS/c10-7(5-6-1-2-6)8-9-3-4-11-8/h3-4,6-7,10H,1-2,5H2. The maximum absolute atomic E-state index is 9.57. The Balaban J connectivity index is 1.93. The lowest BCUT2D eigenvalue weighted by molar-refractivity contribution is 0.160. The Morgan fingerprint density at radius 3 is 3.09 bits per heavy atom. The lowest BCUT2D eigenvalue weighted by atomic mass is 10.2. The molecule has 1 aromatic heterocycles. The smallest absolute Gasteiger partial charge is 0.121 e. The topological polar surface area (TPSA) is 33.1 Å². The first kappa shape index (κ1) is 7.25. The molecule has 1 unspecified atom stereocenters. The largest absolute Gasteiger partial charge is 0.386 e. The van der Waals surface area contributed by atoms with E-state index in [4.69, 9.17) is 0 Å². The Labute approximate surface area is 69.9 Å². The van der Waals surface area contributed by atoms with Gasteiger partial charge in [0.1, 0.15) is 11.1 Å². The van der Waals surface area contributed by atoms with E-state index in [0.717, 1.165) is 17.3 Å². The van der Waals surface area contributed by atoms with Crippen LogP contribution in [0.1, 0.15) is 30.4 Å². The molecule has 0 radical (unpaired) electrons. The molecular formula is C8H11NOS. The molecule has 11 heavy (non-hydrogen) atoms. The summed E-state index contributed by atoms with van der Waals surface area (Å²) in [5, 5.41) is 12.3. The van der Waals surface area contributed by atoms with Crippen LogP contribution in [0.2, 0.25) is 0 Å². The van der Waals surface area contributed by atoms with Gasteiger partial charge in [0.15, 0.2) is 0 Å². The van der Waals surface area contributed by atoms with Gasteiger partial charge in [-0.15, -0.1) is 11.3 Å². The predicted octanol–water partition coefficient (Wildman–Crippen LogP) is 1.98. The molecule has 0 aromatic carbocycles. The Bertz CT molecular complexity index is 218. The molecule has 0 spiro atoms. The second-order valence-electron chi connectivity index (χ2n) is 3.07. The van der Waals surface area contributed by atoms with Gasteiger partial charge in [0.2, 0.25) is 0 Å². The summed E-state index contributed by atoms with van der Waals surface area (Å²) < 4.78 is 0. The van der Waals surface area contributed by atoms with Crippen LogP contribution in [0.4, 0.5) is 0 Å². The Hall–Kier alpha value is -0.410. The van der Waals surface area contributed by atoms with E-state index in [9.17, 15) is 5.11 Å². The average Bonchev–Trinajstić information content (AvgIpc) is 2.67. The van der Waals surface area contributed by atoms with Gasteiger partial charge in [-0.2, -0.15) is 0 Å². The molecule has 0 amide bonds. The van der Waals surface area contributed by atoms with E-state index in [1.807, 2.05) is 5.38 Å². The van der Waals surface area contributed by atoms with E-state index in [-0.39, 0.29) is 6.10 Å². The van der Waals surface area contributed by atoms with Crippen LogP contribution in [-0.2, 0) is 0 Å². The van der Waals surface area contributed by atoms with Gasteiger partial charge in [-0.1, -0.05) is 12.8 Å². The van der Waals surface area contributed by atoms with Crippen LogP contribution in [0.25, 0.3) is 0 Å². The fourth-order valence-electron chi connectivity index (χ4n) is 1.17. The van der Waals surface area contributed by atoms with Gasteiger partial charge in [0, 0.05) is 11.6 Å². The van der Waals surface area contributed by atoms with Gasteiger partial charge in [-0.25, -0.2) is 4.98 Å². The van der Waals surface area contributed by atoms with Crippen molar-refractivity contribution in [1.29, 1.82) is 0 Å². The fourth-order valence-corrected chi connectivity index (χ4v) is 1.81. The van der Waals surface area contributed by atoms with Crippen molar-refractivity contribution in [2.45, 2.75) is 25.4 Å². The number of aromatic nitrogens is 1. The quantitative estimate of drug-likeness (QED) is 0.750. The van der Waals surface area contributed by atoms with E-state index in [1.54, 1.807) is 6.20 Å². The predicted molar refractivity (Wildman–Crippen MR) is 44.4 cm³/mol. The molecule has 1 aliphatic rings. The van der Waals surface area contributed by atoms with Gasteiger partial charge >= 0.3 is 0 Å². The highest BCUT2D eigenvalue weighted by Gasteiger charge is 2.25. The molecule has 1 saturated carbocycles. The minimum absolute atomic E-state index is 0.303. The van der Waals surface area contributed by atoms with Gasteiger partial charge < -0.3 is 5.11 Å². The molecule has 1 heterocycles. The van der Waals surface area contributed by atoms with Crippen LogP contribution in [0.5, 0.6) is 0 Å². The Morgan fingerprint density at radius 2 is 2.55 bits per heavy atom. The molecule has 0 saturated heterocycles. The molecule has 1 fully saturated rings. The van der Waals surface area contributed by atoms with Crippen molar-refractivity contribution >= 4 is 11.3 Å². The van der Waals surface area contributed by atoms with Gasteiger partial charge in [-0.3, -0.25) is 0 Å². The summed E-state index contributed by atoms with van der Waals surface area (Å²) in [5.74, 6) is 0.772. The van der Waals surface area contributed by atoms with E-state index in [2.05, 4.69) is 4.98 Å². The number of rotatable bonds is 3. The van der Waals surface area contributed by atoms with E-state index in [0.29, 0.717) is 0 Å². The number of aliphatic hydroxyl groups is 1. The molecule has 0 aliphatic heterocycles. The maximum atomic E-state index is 9.57. The van der Waals surface area contributed by atoms with Crippen LogP contribution in [0.3, 0.4) is 0 Å². The van der Waals surface area contributed by atoms with E-state index >= 15 is 0 Å². The van der Waals surface area contributed by atoms with Crippen molar-refractivity contribution in [2.24, 2.45) is 5.92 Å². The second-order valence-corrected chi connectivity index (χ2v) is 3.99. The first-order chi connectivity index (χ1) is 5.36. The number of hydrogen-bond donors (Lipinski definition) is 1. The highest BCUT2D eigenvalue weighted by molar-refractivity contribution is 7.09. The van der Waals surface area contributed by atoms with Crippen molar-refractivity contribution < 1.29 is 5.11 Å². The van der Waals surface area contributed by atoms with Crippen molar-refractivity contribution in [3.8, 4) is 0 Å². The SMILES string of the molecule is OC(CC1CC1)c1nccs1. The second kappa shape index (κ2) is 2.91. The molecule has 1 aromatic rings. The highest BCUT2D eigenvalue weighted by atomic mass is 32.1. The van der Waals surface area contributed by atoms with E-state index in [1.165, 1.54) is 24.2 Å². The van der Waals surface area contributed by atoms with Gasteiger partial charge in [-0.05, 0) is 12.3 Å². The molecular weight excluding hydrogens is 158 g/mol. The Kier molecular flexibility index (Phi) is 1.92. The Morgan fingerprint density at radius 1 is 1.73 bits per heavy atom. The molecule has 60 valence electrons. The van der Waals surface area contributed by atoms with Crippen LogP contribution in [0.15, 0.2) is 11.6 Å². The summed E-state index contributed by atoms with van der Waals surface area (Å²) in [6, 6.07) is 0. The van der Waals surface area contributed by atoms with E-state index < -0.39 is 0 Å². The molecule has 3 heteroatoms. The zero-order valence-electron chi connectivity index (χ0n) is 6.23. The summed E-state index contributed by atoms with van der Waals surface area (Å²) in [6.07, 6.45) is 4.94. The average molecular weight is 169 g/mol. The van der Waals surface area contributed by atoms with Crippen LogP contribution in [-0.4, -0.2) is 10.1 Å². The lowest BCUT2D eigenvalue weighted by Gasteiger charge is -2.04. The summed E-state index contributed by atoms with van der Waals surface area (Å²) in [5.41, 5.74) is 0. The van der Waals surface area contributed by atoms with Crippen molar-refractivity contribution in [2.75, 3.05) is 0 Å². The number of aliphatic hydroxyl groups excluding tert-OH is 1. The van der Waals surface area contributed by atoms with Crippen molar-refractivity contribution in [3.05, 3.63) is 16.6 Å². The molecule has 2 rings (SSSR count). The summed E-state index contributed by atoms with van der Waals surface area (Å²) in [4.78, 5) is 4.07. The third-order valence-corrected chi connectivity index (χ3v) is 2.87. The monoisotopic (exact) mass is 169 g/mol. The van der Waals surface area contributed by atoms with Gasteiger partial charge in [0.05, 0.1) is 0 Å². The summed E-state index contributed by atoms with van der Waals surface area (Å²) >= 11 is 1.54. The minimum Gasteiger partial charge on any atom is -0.386 e. The molecule has 1 N–H and O–H groups in total. The first-order valence-electron chi connectivity index (χ1n) is 3.93. The van der Waals surface area contributed by atoms with Crippen molar-refractivity contribution in [1.82, 2.24) is 4.98 Å². The molecule has 1 atom stereocenters. The zero-order valence-corrected chi connectivity index (χ0v) is 7.05. The first-order valence-corrected chi connectivity index (χ1v) is 4.81. The number of nitrogens with zero attached hydrogens (tertiary/aromatic N) is 1. The highest BCUT2D eigenvalue weighted by Crippen LogP contribution is 2.37. The summed E-state index contributed by atoms with van der Waals surface area (Å²) in [7, 11) is 0. The number of thiazole rings is 1. The maximum Gasteiger partial charge on any atom is 0.121 e. The number of hydrogen-bond acceptors (Lipinski definition) is 3. The van der Waals surface area contributed by atoms with Crippen LogP contribution in [0, 0.1) is 5.92 Å². The normalized spacial score (nSPS) is 20.1. The lowest BCUT2D eigenvalue weighted by Crippen LogP contribution is -1.96. The third kappa shape index (κ3) is 1.79. The van der Waals surface area contributed by atoms with Crippen molar-refractivity contribution in [3.63, 3.8) is 0 Å². The third-order valence-electron chi connectivity index (χ3n) is 1.99. The molecule has 2 nitrogen and oxygen atoms in total.